The van der Waals surface area contributed by atoms with E-state index >= 15 is 0 Å². The molecule has 0 aliphatic heterocycles. The average Bonchev–Trinajstić information content (AvgIpc) is 2.37. The first-order chi connectivity index (χ1) is 8.65. The molecule has 2 N–H and O–H groups in total. The minimum absolute atomic E-state index is 0.122. The number of methoxy groups -OCH3 is 1. The molecule has 0 fully saturated rings. The lowest BCUT2D eigenvalue weighted by Crippen LogP contribution is -2.42. The standard InChI is InChI=1S/C13H19FN2O2/c1-10(13(17)15-7-8-18-2)16-9-11-5-3-4-6-12(11)14/h3-6,10,16H,7-9H2,1-2H3,(H,15,17). The van der Waals surface area contributed by atoms with E-state index in [4.69, 9.17) is 4.74 Å². The zero-order chi connectivity index (χ0) is 13.4. The summed E-state index contributed by atoms with van der Waals surface area (Å²) < 4.78 is 18.2. The van der Waals surface area contributed by atoms with Crippen molar-refractivity contribution in [1.29, 1.82) is 0 Å². The van der Waals surface area contributed by atoms with Gasteiger partial charge in [-0.05, 0) is 13.0 Å². The molecule has 100 valence electrons. The SMILES string of the molecule is COCCNC(=O)C(C)NCc1ccccc1F. The third-order valence-corrected chi connectivity index (χ3v) is 2.56. The van der Waals surface area contributed by atoms with Gasteiger partial charge >= 0.3 is 0 Å². The van der Waals surface area contributed by atoms with Gasteiger partial charge in [0.05, 0.1) is 12.6 Å². The molecule has 0 aliphatic carbocycles. The second kappa shape index (κ2) is 7.79. The van der Waals surface area contributed by atoms with Crippen molar-refractivity contribution in [2.45, 2.75) is 19.5 Å². The molecule has 0 radical (unpaired) electrons. The Morgan fingerprint density at radius 1 is 1.44 bits per heavy atom. The maximum absolute atomic E-state index is 13.3. The number of rotatable bonds is 7. The number of amides is 1. The first kappa shape index (κ1) is 14.6. The normalized spacial score (nSPS) is 12.2. The van der Waals surface area contributed by atoms with Crippen molar-refractivity contribution in [2.24, 2.45) is 0 Å². The van der Waals surface area contributed by atoms with Crippen LogP contribution in [0.25, 0.3) is 0 Å². The zero-order valence-electron chi connectivity index (χ0n) is 10.7. The molecule has 1 amide bonds. The summed E-state index contributed by atoms with van der Waals surface area (Å²) >= 11 is 0. The summed E-state index contributed by atoms with van der Waals surface area (Å²) in [5, 5.41) is 5.69. The molecule has 0 saturated heterocycles. The van der Waals surface area contributed by atoms with E-state index in [2.05, 4.69) is 10.6 Å². The number of benzene rings is 1. The van der Waals surface area contributed by atoms with Gasteiger partial charge in [-0.25, -0.2) is 4.39 Å². The average molecular weight is 254 g/mol. The monoisotopic (exact) mass is 254 g/mol. The molecule has 0 spiro atoms. The van der Waals surface area contributed by atoms with E-state index in [0.717, 1.165) is 0 Å². The molecular formula is C13H19FN2O2. The Labute approximate surface area is 107 Å². The molecule has 0 heterocycles. The molecule has 18 heavy (non-hydrogen) atoms. The predicted molar refractivity (Wildman–Crippen MR) is 67.6 cm³/mol. The van der Waals surface area contributed by atoms with Crippen molar-refractivity contribution < 1.29 is 13.9 Å². The molecule has 1 aromatic carbocycles. The number of carbonyl (C=O) groups excluding carboxylic acids is 1. The maximum Gasteiger partial charge on any atom is 0.236 e. The van der Waals surface area contributed by atoms with Gasteiger partial charge in [-0.15, -0.1) is 0 Å². The molecule has 0 saturated carbocycles. The van der Waals surface area contributed by atoms with Crippen LogP contribution in [0.5, 0.6) is 0 Å². The Morgan fingerprint density at radius 3 is 2.83 bits per heavy atom. The zero-order valence-corrected chi connectivity index (χ0v) is 10.7. The molecule has 1 unspecified atom stereocenters. The largest absolute Gasteiger partial charge is 0.383 e. The first-order valence-corrected chi connectivity index (χ1v) is 5.88. The van der Waals surface area contributed by atoms with Crippen LogP contribution in [0.3, 0.4) is 0 Å². The number of ether oxygens (including phenoxy) is 1. The van der Waals surface area contributed by atoms with E-state index in [1.54, 1.807) is 32.2 Å². The topological polar surface area (TPSA) is 50.4 Å². The highest BCUT2D eigenvalue weighted by atomic mass is 19.1. The van der Waals surface area contributed by atoms with E-state index in [1.165, 1.54) is 6.07 Å². The van der Waals surface area contributed by atoms with Crippen molar-refractivity contribution >= 4 is 5.91 Å². The second-order valence-corrected chi connectivity index (χ2v) is 3.98. The van der Waals surface area contributed by atoms with Gasteiger partial charge in [0.25, 0.3) is 0 Å². The van der Waals surface area contributed by atoms with Crippen molar-refractivity contribution in [2.75, 3.05) is 20.3 Å². The molecule has 1 rings (SSSR count). The summed E-state index contributed by atoms with van der Waals surface area (Å²) in [7, 11) is 1.58. The molecular weight excluding hydrogens is 235 g/mol. The Kier molecular flexibility index (Phi) is 6.32. The van der Waals surface area contributed by atoms with Crippen LogP contribution >= 0.6 is 0 Å². The lowest BCUT2D eigenvalue weighted by Gasteiger charge is -2.14. The molecule has 0 bridgehead atoms. The van der Waals surface area contributed by atoms with Crippen LogP contribution in [0.15, 0.2) is 24.3 Å². The van der Waals surface area contributed by atoms with E-state index < -0.39 is 0 Å². The molecule has 0 aromatic heterocycles. The summed E-state index contributed by atoms with van der Waals surface area (Å²) in [5.74, 6) is -0.389. The third kappa shape index (κ3) is 4.81. The summed E-state index contributed by atoms with van der Waals surface area (Å²) in [4.78, 5) is 11.6. The number of hydrogen-bond acceptors (Lipinski definition) is 3. The smallest absolute Gasteiger partial charge is 0.236 e. The van der Waals surface area contributed by atoms with Crippen LogP contribution in [0.4, 0.5) is 4.39 Å². The highest BCUT2D eigenvalue weighted by molar-refractivity contribution is 5.81. The fourth-order valence-electron chi connectivity index (χ4n) is 1.43. The van der Waals surface area contributed by atoms with E-state index in [1.807, 2.05) is 0 Å². The number of halogens is 1. The predicted octanol–water partition coefficient (Wildman–Crippen LogP) is 1.07. The summed E-state index contributed by atoms with van der Waals surface area (Å²) in [5.41, 5.74) is 0.550. The number of hydrogen-bond donors (Lipinski definition) is 2. The fraction of sp³-hybridized carbons (Fsp3) is 0.462. The quantitative estimate of drug-likeness (QED) is 0.716. The highest BCUT2D eigenvalue weighted by Gasteiger charge is 2.12. The lowest BCUT2D eigenvalue weighted by atomic mass is 10.2. The third-order valence-electron chi connectivity index (χ3n) is 2.56. The molecule has 0 aliphatic rings. The van der Waals surface area contributed by atoms with Crippen molar-refractivity contribution in [3.8, 4) is 0 Å². The van der Waals surface area contributed by atoms with Gasteiger partial charge in [-0.2, -0.15) is 0 Å². The minimum Gasteiger partial charge on any atom is -0.383 e. The van der Waals surface area contributed by atoms with Crippen LogP contribution in [0.1, 0.15) is 12.5 Å². The van der Waals surface area contributed by atoms with Crippen LogP contribution in [-0.4, -0.2) is 32.2 Å². The minimum atomic E-state index is -0.374. The van der Waals surface area contributed by atoms with Gasteiger partial charge in [0.2, 0.25) is 5.91 Å². The number of carbonyl (C=O) groups is 1. The van der Waals surface area contributed by atoms with Gasteiger partial charge < -0.3 is 15.4 Å². The number of nitrogens with one attached hydrogen (secondary N) is 2. The molecule has 1 atom stereocenters. The summed E-state index contributed by atoms with van der Waals surface area (Å²) in [6.45, 7) is 3.02. The van der Waals surface area contributed by atoms with Crippen molar-refractivity contribution in [3.05, 3.63) is 35.6 Å². The van der Waals surface area contributed by atoms with Crippen molar-refractivity contribution in [1.82, 2.24) is 10.6 Å². The van der Waals surface area contributed by atoms with Gasteiger partial charge in [0.1, 0.15) is 5.82 Å². The maximum atomic E-state index is 13.3. The van der Waals surface area contributed by atoms with E-state index in [0.29, 0.717) is 25.3 Å². The first-order valence-electron chi connectivity index (χ1n) is 5.88. The van der Waals surface area contributed by atoms with Crippen LogP contribution in [0, 0.1) is 5.82 Å². The molecule has 5 heteroatoms. The summed E-state index contributed by atoms with van der Waals surface area (Å²) in [6, 6.07) is 6.13. The Bertz CT molecular complexity index is 385. The van der Waals surface area contributed by atoms with E-state index in [9.17, 15) is 9.18 Å². The molecule has 4 nitrogen and oxygen atoms in total. The van der Waals surface area contributed by atoms with Crippen LogP contribution in [0.2, 0.25) is 0 Å². The Balaban J connectivity index is 2.34. The van der Waals surface area contributed by atoms with Gasteiger partial charge in [-0.3, -0.25) is 4.79 Å². The Hall–Kier alpha value is -1.46. The van der Waals surface area contributed by atoms with Crippen LogP contribution in [-0.2, 0) is 16.1 Å². The fourth-order valence-corrected chi connectivity index (χ4v) is 1.43. The second-order valence-electron chi connectivity index (χ2n) is 3.98. The van der Waals surface area contributed by atoms with Crippen molar-refractivity contribution in [3.63, 3.8) is 0 Å². The van der Waals surface area contributed by atoms with Crippen LogP contribution < -0.4 is 10.6 Å². The van der Waals surface area contributed by atoms with E-state index in [-0.39, 0.29) is 17.8 Å². The van der Waals surface area contributed by atoms with Gasteiger partial charge in [0, 0.05) is 25.8 Å². The highest BCUT2D eigenvalue weighted by Crippen LogP contribution is 2.05. The van der Waals surface area contributed by atoms with Gasteiger partial charge in [0.15, 0.2) is 0 Å². The molecule has 1 aromatic rings. The Morgan fingerprint density at radius 2 is 2.17 bits per heavy atom. The lowest BCUT2D eigenvalue weighted by molar-refractivity contribution is -0.123. The summed E-state index contributed by atoms with van der Waals surface area (Å²) in [6.07, 6.45) is 0. The van der Waals surface area contributed by atoms with Gasteiger partial charge in [-0.1, -0.05) is 18.2 Å².